The Hall–Kier alpha value is -3.35. The summed E-state index contributed by atoms with van der Waals surface area (Å²) in [7, 11) is 1.42. The quantitative estimate of drug-likeness (QED) is 0.217. The number of hydrogen-bond acceptors (Lipinski definition) is 6. The van der Waals surface area contributed by atoms with Crippen molar-refractivity contribution in [2.45, 2.75) is 46.5 Å². The second-order valence-electron chi connectivity index (χ2n) is 9.42. The summed E-state index contributed by atoms with van der Waals surface area (Å²) in [5, 5.41) is 10.5. The summed E-state index contributed by atoms with van der Waals surface area (Å²) in [6.45, 7) is 10.8. The van der Waals surface area contributed by atoms with Gasteiger partial charge in [0.05, 0.1) is 12.0 Å². The number of carbonyl (C=O) groups is 1. The van der Waals surface area contributed by atoms with Crippen LogP contribution in [0.15, 0.2) is 48.7 Å². The fraction of sp³-hybridized carbons (Fsp3) is 0.400. The zero-order chi connectivity index (χ0) is 23.9. The molecule has 0 aromatic heterocycles. The zero-order valence-corrected chi connectivity index (χ0v) is 19.5. The molecule has 2 rings (SSSR count). The maximum atomic E-state index is 12.2. The van der Waals surface area contributed by atoms with Crippen molar-refractivity contribution in [1.82, 2.24) is 0 Å². The molecule has 2 aromatic rings. The molecule has 0 saturated carbocycles. The van der Waals surface area contributed by atoms with Crippen molar-refractivity contribution < 1.29 is 23.9 Å². The van der Waals surface area contributed by atoms with E-state index in [1.54, 1.807) is 12.1 Å². The molecule has 0 amide bonds. The van der Waals surface area contributed by atoms with Gasteiger partial charge < -0.3 is 14.2 Å². The predicted octanol–water partition coefficient (Wildman–Crippen LogP) is 5.64. The van der Waals surface area contributed by atoms with Crippen molar-refractivity contribution in [3.63, 3.8) is 0 Å². The van der Waals surface area contributed by atoms with E-state index in [-0.39, 0.29) is 28.9 Å². The molecule has 0 aliphatic rings. The van der Waals surface area contributed by atoms with E-state index in [2.05, 4.69) is 34.6 Å². The molecule has 7 heteroatoms. The third-order valence-corrected chi connectivity index (χ3v) is 4.76. The maximum Gasteiger partial charge on any atom is 0.349 e. The smallest absolute Gasteiger partial charge is 0.349 e. The van der Waals surface area contributed by atoms with Crippen LogP contribution in [0.1, 0.15) is 52.2 Å². The van der Waals surface area contributed by atoms with Crippen molar-refractivity contribution in [3.05, 3.63) is 69.9 Å². The molecule has 0 atom stereocenters. The number of ether oxygens (including phenoxy) is 3. The molecule has 0 unspecified atom stereocenters. The lowest BCUT2D eigenvalue weighted by Gasteiger charge is -2.33. The van der Waals surface area contributed by atoms with Crippen LogP contribution in [0.25, 0.3) is 6.08 Å². The lowest BCUT2D eigenvalue weighted by atomic mass is 9.72. The minimum absolute atomic E-state index is 0.0211. The summed E-state index contributed by atoms with van der Waals surface area (Å²) in [6.07, 6.45) is 3.18. The number of benzene rings is 2. The Kier molecular flexibility index (Phi) is 8.02. The Bertz CT molecular complexity index is 971. The van der Waals surface area contributed by atoms with Crippen molar-refractivity contribution in [3.8, 4) is 17.2 Å². The van der Waals surface area contributed by atoms with Gasteiger partial charge in [-0.15, -0.1) is 0 Å². The van der Waals surface area contributed by atoms with E-state index in [0.717, 1.165) is 12.6 Å². The van der Waals surface area contributed by atoms with E-state index < -0.39 is 10.9 Å². The van der Waals surface area contributed by atoms with E-state index in [1.807, 2.05) is 24.3 Å². The van der Waals surface area contributed by atoms with Crippen LogP contribution < -0.4 is 14.2 Å². The zero-order valence-electron chi connectivity index (χ0n) is 19.5. The number of nitrogens with zero attached hydrogens (tertiary/aromatic N) is 1. The predicted molar refractivity (Wildman–Crippen MR) is 124 cm³/mol. The van der Waals surface area contributed by atoms with E-state index in [4.69, 9.17) is 14.2 Å². The fourth-order valence-electron chi connectivity index (χ4n) is 3.74. The summed E-state index contributed by atoms with van der Waals surface area (Å²) < 4.78 is 16.1. The molecule has 2 aromatic carbocycles. The highest BCUT2D eigenvalue weighted by atomic mass is 16.6. The van der Waals surface area contributed by atoms with E-state index in [9.17, 15) is 14.9 Å². The summed E-state index contributed by atoms with van der Waals surface area (Å²) in [5.74, 6) is 0.478. The van der Waals surface area contributed by atoms with Gasteiger partial charge in [0.15, 0.2) is 18.1 Å². The van der Waals surface area contributed by atoms with E-state index >= 15 is 0 Å². The van der Waals surface area contributed by atoms with Gasteiger partial charge in [-0.25, -0.2) is 4.79 Å². The number of carbonyl (C=O) groups excluding carboxylic acids is 1. The Morgan fingerprint density at radius 1 is 1.03 bits per heavy atom. The Morgan fingerprint density at radius 3 is 2.25 bits per heavy atom. The van der Waals surface area contributed by atoms with Crippen molar-refractivity contribution in [2.24, 2.45) is 5.41 Å². The van der Waals surface area contributed by atoms with Crippen LogP contribution >= 0.6 is 0 Å². The molecule has 0 saturated heterocycles. The molecule has 0 heterocycles. The lowest BCUT2D eigenvalue weighted by Crippen LogP contribution is -2.24. The molecule has 0 aliphatic heterocycles. The van der Waals surface area contributed by atoms with Crippen molar-refractivity contribution >= 4 is 12.0 Å². The van der Waals surface area contributed by atoms with Crippen LogP contribution in [-0.2, 0) is 10.2 Å². The number of hydrogen-bond donors (Lipinski definition) is 0. The van der Waals surface area contributed by atoms with Gasteiger partial charge in [-0.1, -0.05) is 52.8 Å². The summed E-state index contributed by atoms with van der Waals surface area (Å²) >= 11 is 0. The van der Waals surface area contributed by atoms with Gasteiger partial charge in [0.1, 0.15) is 5.75 Å². The normalized spacial score (nSPS) is 11.9. The Labute approximate surface area is 189 Å². The molecule has 0 spiro atoms. The number of nitro groups is 1. The minimum Gasteiger partial charge on any atom is -0.493 e. The van der Waals surface area contributed by atoms with Gasteiger partial charge in [0, 0.05) is 6.08 Å². The monoisotopic (exact) mass is 441 g/mol. The number of methoxy groups -OCH3 is 1. The first kappa shape index (κ1) is 24.9. The summed E-state index contributed by atoms with van der Waals surface area (Å²) in [6, 6.07) is 12.4. The van der Waals surface area contributed by atoms with Gasteiger partial charge in [-0.05, 0) is 52.6 Å². The topological polar surface area (TPSA) is 87.9 Å². The fourth-order valence-corrected chi connectivity index (χ4v) is 3.74. The van der Waals surface area contributed by atoms with Crippen LogP contribution in [0.3, 0.4) is 0 Å². The molecule has 0 fully saturated rings. The van der Waals surface area contributed by atoms with Gasteiger partial charge in [-0.3, -0.25) is 10.1 Å². The molecule has 172 valence electrons. The van der Waals surface area contributed by atoms with Crippen LogP contribution in [0.5, 0.6) is 17.2 Å². The summed E-state index contributed by atoms with van der Waals surface area (Å²) in [4.78, 5) is 22.1. The third kappa shape index (κ3) is 7.72. The second-order valence-corrected chi connectivity index (χ2v) is 9.42. The molecule has 0 radical (unpaired) electrons. The number of esters is 1. The second kappa shape index (κ2) is 10.3. The molecule has 0 aliphatic carbocycles. The lowest BCUT2D eigenvalue weighted by molar-refractivity contribution is -0.400. The molecule has 7 nitrogen and oxygen atoms in total. The van der Waals surface area contributed by atoms with E-state index in [1.165, 1.54) is 24.8 Å². The van der Waals surface area contributed by atoms with E-state index in [0.29, 0.717) is 11.3 Å². The Balaban J connectivity index is 1.97. The SMILES string of the molecule is COc1cc(/C=C/[N+](=O)[O-])ccc1OC(=O)COc1ccc(C(C)(C)CC(C)(C)C)cc1. The van der Waals surface area contributed by atoms with Crippen LogP contribution in [0.4, 0.5) is 0 Å². The molecular weight excluding hydrogens is 410 g/mol. The molecule has 0 N–H and O–H groups in total. The summed E-state index contributed by atoms with van der Waals surface area (Å²) in [5.41, 5.74) is 1.99. The highest BCUT2D eigenvalue weighted by molar-refractivity contribution is 5.75. The first-order chi connectivity index (χ1) is 14.9. The highest BCUT2D eigenvalue weighted by Crippen LogP contribution is 2.36. The maximum absolute atomic E-state index is 12.2. The first-order valence-electron chi connectivity index (χ1n) is 10.3. The number of rotatable bonds is 9. The largest absolute Gasteiger partial charge is 0.493 e. The molecule has 0 bridgehead atoms. The van der Waals surface area contributed by atoms with Crippen LogP contribution in [0.2, 0.25) is 0 Å². The van der Waals surface area contributed by atoms with Crippen LogP contribution in [0, 0.1) is 15.5 Å². The molecular formula is C25H31NO6. The van der Waals surface area contributed by atoms with Crippen molar-refractivity contribution in [2.75, 3.05) is 13.7 Å². The van der Waals surface area contributed by atoms with Crippen LogP contribution in [-0.4, -0.2) is 24.6 Å². The van der Waals surface area contributed by atoms with Gasteiger partial charge in [-0.2, -0.15) is 0 Å². The Morgan fingerprint density at radius 2 is 1.69 bits per heavy atom. The molecule has 32 heavy (non-hydrogen) atoms. The average molecular weight is 442 g/mol. The minimum atomic E-state index is -0.589. The van der Waals surface area contributed by atoms with Crippen molar-refractivity contribution in [1.29, 1.82) is 0 Å². The first-order valence-corrected chi connectivity index (χ1v) is 10.3. The highest BCUT2D eigenvalue weighted by Gasteiger charge is 2.27. The van der Waals surface area contributed by atoms with Gasteiger partial charge >= 0.3 is 5.97 Å². The third-order valence-electron chi connectivity index (χ3n) is 4.76. The van der Waals surface area contributed by atoms with Gasteiger partial charge in [0.2, 0.25) is 6.20 Å². The standard InChI is InChI=1S/C25H31NO6/c1-24(2,3)17-25(4,5)19-8-10-20(11-9-19)31-16-23(27)32-21-12-7-18(13-14-26(28)29)15-22(21)30-6/h7-15H,16-17H2,1-6H3/b14-13+. The average Bonchev–Trinajstić information content (AvgIpc) is 2.70. The van der Waals surface area contributed by atoms with Gasteiger partial charge in [0.25, 0.3) is 0 Å².